The first-order valence-corrected chi connectivity index (χ1v) is 9.59. The van der Waals surface area contributed by atoms with Crippen molar-refractivity contribution in [2.75, 3.05) is 6.61 Å². The van der Waals surface area contributed by atoms with E-state index in [1.165, 1.54) is 6.92 Å². The number of halogens is 3. The summed E-state index contributed by atoms with van der Waals surface area (Å²) in [6.07, 6.45) is -4.73. The highest BCUT2D eigenvalue weighted by Crippen LogP contribution is 2.40. The second-order valence-corrected chi connectivity index (χ2v) is 7.55. The molecule has 0 aliphatic carbocycles. The number of nitrogens with one attached hydrogen (secondary N) is 1. The van der Waals surface area contributed by atoms with Gasteiger partial charge in [0.05, 0.1) is 17.1 Å². The van der Waals surface area contributed by atoms with Gasteiger partial charge in [-0.1, -0.05) is 30.0 Å². The molecule has 1 atom stereocenters. The predicted molar refractivity (Wildman–Crippen MR) is 93.4 cm³/mol. The molecule has 3 rings (SSSR count). The van der Waals surface area contributed by atoms with Gasteiger partial charge in [-0.3, -0.25) is 0 Å². The standard InChI is InChI=1S/C19H14F3NO4S/c1-2-27-17(24)18(11-10-13-6-4-3-5-7-13)15-12-14(19(20,21)22)8-9-16(15)28(25,26)23-18/h3-9,12,23H,2H2,1H3/t18-/m1/s1. The summed E-state index contributed by atoms with van der Waals surface area (Å²) in [5.41, 5.74) is -3.34. The maximum absolute atomic E-state index is 13.2. The summed E-state index contributed by atoms with van der Waals surface area (Å²) in [4.78, 5) is 12.2. The van der Waals surface area contributed by atoms with Crippen molar-refractivity contribution in [1.82, 2.24) is 4.72 Å². The Morgan fingerprint density at radius 2 is 1.86 bits per heavy atom. The quantitative estimate of drug-likeness (QED) is 0.612. The van der Waals surface area contributed by atoms with E-state index in [9.17, 15) is 26.4 Å². The summed E-state index contributed by atoms with van der Waals surface area (Å²) in [5, 5.41) is 0. The normalized spacial score (nSPS) is 20.0. The largest absolute Gasteiger partial charge is 0.464 e. The lowest BCUT2D eigenvalue weighted by Gasteiger charge is -2.21. The van der Waals surface area contributed by atoms with Crippen LogP contribution in [-0.4, -0.2) is 21.0 Å². The van der Waals surface area contributed by atoms with Crippen molar-refractivity contribution in [3.8, 4) is 11.8 Å². The first-order valence-electron chi connectivity index (χ1n) is 8.11. The molecule has 0 amide bonds. The smallest absolute Gasteiger partial charge is 0.416 e. The van der Waals surface area contributed by atoms with E-state index in [4.69, 9.17) is 4.74 Å². The van der Waals surface area contributed by atoms with Crippen molar-refractivity contribution in [3.05, 3.63) is 65.2 Å². The highest BCUT2D eigenvalue weighted by molar-refractivity contribution is 7.90. The number of alkyl halides is 3. The van der Waals surface area contributed by atoms with E-state index >= 15 is 0 Å². The third-order valence-corrected chi connectivity index (χ3v) is 5.55. The van der Waals surface area contributed by atoms with Crippen molar-refractivity contribution < 1.29 is 31.1 Å². The molecule has 0 bridgehead atoms. The molecule has 0 saturated carbocycles. The SMILES string of the molecule is CCOC(=O)[C@]1(C#Cc2ccccc2)NS(=O)(=O)c2ccc(C(F)(F)F)cc21. The topological polar surface area (TPSA) is 72.5 Å². The first kappa shape index (κ1) is 19.9. The zero-order chi connectivity index (χ0) is 20.6. The first-order chi connectivity index (χ1) is 13.1. The van der Waals surface area contributed by atoms with Crippen LogP contribution in [0.4, 0.5) is 13.2 Å². The molecule has 0 unspecified atom stereocenters. The second-order valence-electron chi connectivity index (χ2n) is 5.90. The van der Waals surface area contributed by atoms with Gasteiger partial charge in [-0.05, 0) is 37.3 Å². The number of sulfonamides is 1. The number of carbonyl (C=O) groups is 1. The summed E-state index contributed by atoms with van der Waals surface area (Å²) < 4.78 is 71.5. The minimum Gasteiger partial charge on any atom is -0.464 e. The summed E-state index contributed by atoms with van der Waals surface area (Å²) in [6, 6.07) is 10.4. The van der Waals surface area contributed by atoms with Gasteiger partial charge in [0.25, 0.3) is 0 Å². The van der Waals surface area contributed by atoms with Crippen LogP contribution in [0.1, 0.15) is 23.6 Å². The summed E-state index contributed by atoms with van der Waals surface area (Å²) in [6.45, 7) is 1.39. The molecule has 9 heteroatoms. The number of hydrogen-bond donors (Lipinski definition) is 1. The lowest BCUT2D eigenvalue weighted by Crippen LogP contribution is -2.46. The van der Waals surface area contributed by atoms with Crippen molar-refractivity contribution in [3.63, 3.8) is 0 Å². The molecule has 1 aliphatic rings. The molecule has 0 saturated heterocycles. The van der Waals surface area contributed by atoms with Gasteiger partial charge in [-0.15, -0.1) is 0 Å². The number of benzene rings is 2. The van der Waals surface area contributed by atoms with Crippen LogP contribution in [0.3, 0.4) is 0 Å². The molecule has 2 aromatic carbocycles. The maximum Gasteiger partial charge on any atom is 0.416 e. The van der Waals surface area contributed by atoms with Crippen LogP contribution in [-0.2, 0) is 31.3 Å². The Balaban J connectivity index is 2.28. The van der Waals surface area contributed by atoms with Crippen LogP contribution in [0.2, 0.25) is 0 Å². The number of carbonyl (C=O) groups excluding carboxylic acids is 1. The van der Waals surface area contributed by atoms with Gasteiger partial charge in [0.1, 0.15) is 0 Å². The average Bonchev–Trinajstić information content (AvgIpc) is 2.88. The van der Waals surface area contributed by atoms with Gasteiger partial charge >= 0.3 is 12.1 Å². The molecule has 1 aliphatic heterocycles. The van der Waals surface area contributed by atoms with Gasteiger partial charge in [-0.25, -0.2) is 13.2 Å². The van der Waals surface area contributed by atoms with Crippen molar-refractivity contribution >= 4 is 16.0 Å². The molecule has 2 aromatic rings. The van der Waals surface area contributed by atoms with E-state index in [0.29, 0.717) is 17.7 Å². The van der Waals surface area contributed by atoms with Gasteiger partial charge in [0.2, 0.25) is 15.6 Å². The summed E-state index contributed by atoms with van der Waals surface area (Å²) in [5.74, 6) is 4.05. The summed E-state index contributed by atoms with van der Waals surface area (Å²) >= 11 is 0. The Labute approximate surface area is 159 Å². The fraction of sp³-hybridized carbons (Fsp3) is 0.211. The van der Waals surface area contributed by atoms with E-state index in [2.05, 4.69) is 16.6 Å². The third kappa shape index (κ3) is 3.48. The lowest BCUT2D eigenvalue weighted by atomic mass is 9.90. The van der Waals surface area contributed by atoms with E-state index in [0.717, 1.165) is 6.07 Å². The molecular weight excluding hydrogens is 395 g/mol. The summed E-state index contributed by atoms with van der Waals surface area (Å²) in [7, 11) is -4.26. The monoisotopic (exact) mass is 409 g/mol. The van der Waals surface area contributed by atoms with Gasteiger partial charge in [0, 0.05) is 11.1 Å². The molecular formula is C19H14F3NO4S. The number of ether oxygens (including phenoxy) is 1. The Bertz CT molecular complexity index is 1090. The van der Waals surface area contributed by atoms with Crippen LogP contribution in [0.25, 0.3) is 0 Å². The van der Waals surface area contributed by atoms with Crippen molar-refractivity contribution in [2.24, 2.45) is 0 Å². The molecule has 0 aromatic heterocycles. The Kier molecular flexibility index (Phi) is 4.95. The minimum atomic E-state index is -4.73. The number of hydrogen-bond acceptors (Lipinski definition) is 4. The van der Waals surface area contributed by atoms with Crippen LogP contribution in [0, 0.1) is 11.8 Å². The maximum atomic E-state index is 13.2. The van der Waals surface area contributed by atoms with Crippen LogP contribution in [0.15, 0.2) is 53.4 Å². The van der Waals surface area contributed by atoms with E-state index in [1.54, 1.807) is 30.3 Å². The zero-order valence-corrected chi connectivity index (χ0v) is 15.3. The molecule has 1 N–H and O–H groups in total. The molecule has 0 radical (unpaired) electrons. The number of rotatable bonds is 2. The lowest BCUT2D eigenvalue weighted by molar-refractivity contribution is -0.148. The van der Waals surface area contributed by atoms with Gasteiger partial charge < -0.3 is 4.74 Å². The van der Waals surface area contributed by atoms with E-state index in [-0.39, 0.29) is 6.61 Å². The molecule has 0 spiro atoms. The van der Waals surface area contributed by atoms with Crippen LogP contribution in [0.5, 0.6) is 0 Å². The van der Waals surface area contributed by atoms with Gasteiger partial charge in [-0.2, -0.15) is 17.9 Å². The van der Waals surface area contributed by atoms with E-state index in [1.807, 2.05) is 0 Å². The zero-order valence-electron chi connectivity index (χ0n) is 14.5. The Hall–Kier alpha value is -2.83. The number of esters is 1. The average molecular weight is 409 g/mol. The fourth-order valence-electron chi connectivity index (χ4n) is 2.77. The Morgan fingerprint density at radius 1 is 1.18 bits per heavy atom. The molecule has 1 heterocycles. The fourth-order valence-corrected chi connectivity index (χ4v) is 4.27. The minimum absolute atomic E-state index is 0.108. The molecule has 0 fully saturated rings. The third-order valence-electron chi connectivity index (χ3n) is 4.04. The second kappa shape index (κ2) is 6.96. The predicted octanol–water partition coefficient (Wildman–Crippen LogP) is 2.81. The molecule has 146 valence electrons. The highest BCUT2D eigenvalue weighted by Gasteiger charge is 2.53. The highest BCUT2D eigenvalue weighted by atomic mass is 32.2. The van der Waals surface area contributed by atoms with Crippen molar-refractivity contribution in [1.29, 1.82) is 0 Å². The molecule has 5 nitrogen and oxygen atoms in total. The van der Waals surface area contributed by atoms with Crippen LogP contribution < -0.4 is 4.72 Å². The van der Waals surface area contributed by atoms with Crippen LogP contribution >= 0.6 is 0 Å². The number of fused-ring (bicyclic) bond motifs is 1. The van der Waals surface area contributed by atoms with Crippen molar-refractivity contribution in [2.45, 2.75) is 23.5 Å². The molecule has 28 heavy (non-hydrogen) atoms. The van der Waals surface area contributed by atoms with Gasteiger partial charge in [0.15, 0.2) is 0 Å². The Morgan fingerprint density at radius 3 is 2.46 bits per heavy atom. The van der Waals surface area contributed by atoms with E-state index < -0.39 is 43.7 Å².